The summed E-state index contributed by atoms with van der Waals surface area (Å²) in [5.41, 5.74) is 4.53. The molecule has 2 N–H and O–H groups in total. The summed E-state index contributed by atoms with van der Waals surface area (Å²) >= 11 is 0. The zero-order chi connectivity index (χ0) is 17.6. The molecule has 0 unspecified atom stereocenters. The third-order valence-electron chi connectivity index (χ3n) is 3.83. The van der Waals surface area contributed by atoms with Crippen molar-refractivity contribution < 1.29 is 9.18 Å². The van der Waals surface area contributed by atoms with Gasteiger partial charge in [-0.3, -0.25) is 4.79 Å². The van der Waals surface area contributed by atoms with E-state index in [1.165, 1.54) is 35.4 Å². The normalized spacial score (nSPS) is 10.3. The van der Waals surface area contributed by atoms with Crippen molar-refractivity contribution in [2.24, 2.45) is 0 Å². The average Bonchev–Trinajstić information content (AvgIpc) is 2.62. The summed E-state index contributed by atoms with van der Waals surface area (Å²) in [7, 11) is 0. The van der Waals surface area contributed by atoms with E-state index in [-0.39, 0.29) is 11.7 Å². The molecule has 0 heterocycles. The maximum Gasteiger partial charge on any atom is 0.255 e. The molecule has 0 saturated carbocycles. The minimum atomic E-state index is -0.361. The van der Waals surface area contributed by atoms with Gasteiger partial charge in [0.1, 0.15) is 5.82 Å². The molecular formula is C21H19FN2O. The molecule has 0 radical (unpaired) electrons. The van der Waals surface area contributed by atoms with Crippen LogP contribution in [0.2, 0.25) is 0 Å². The van der Waals surface area contributed by atoms with Crippen LogP contribution in [0.3, 0.4) is 0 Å². The molecule has 0 fully saturated rings. The van der Waals surface area contributed by atoms with Gasteiger partial charge in [-0.15, -0.1) is 0 Å². The standard InChI is InChI=1S/C21H19FN2O/c1-15-3-2-4-16(13-15)14-23-19-9-11-20(12-10-19)24-21(25)17-5-7-18(22)8-6-17/h2-13,23H,14H2,1H3,(H,24,25). The number of hydrogen-bond acceptors (Lipinski definition) is 2. The summed E-state index contributed by atoms with van der Waals surface area (Å²) in [6.07, 6.45) is 0. The van der Waals surface area contributed by atoms with Crippen LogP contribution in [0.1, 0.15) is 21.5 Å². The van der Waals surface area contributed by atoms with Gasteiger partial charge in [0.25, 0.3) is 5.91 Å². The predicted molar refractivity (Wildman–Crippen MR) is 99.3 cm³/mol. The second kappa shape index (κ2) is 7.62. The van der Waals surface area contributed by atoms with E-state index >= 15 is 0 Å². The molecule has 0 bridgehead atoms. The monoisotopic (exact) mass is 334 g/mol. The van der Waals surface area contributed by atoms with Gasteiger partial charge in [-0.25, -0.2) is 4.39 Å². The molecule has 25 heavy (non-hydrogen) atoms. The number of rotatable bonds is 5. The number of carbonyl (C=O) groups excluding carboxylic acids is 1. The van der Waals surface area contributed by atoms with Crippen LogP contribution >= 0.6 is 0 Å². The summed E-state index contributed by atoms with van der Waals surface area (Å²) in [5.74, 6) is -0.624. The maximum absolute atomic E-state index is 12.9. The lowest BCUT2D eigenvalue weighted by molar-refractivity contribution is 0.102. The van der Waals surface area contributed by atoms with Gasteiger partial charge in [0.2, 0.25) is 0 Å². The fraction of sp³-hybridized carbons (Fsp3) is 0.0952. The van der Waals surface area contributed by atoms with Crippen molar-refractivity contribution in [2.45, 2.75) is 13.5 Å². The van der Waals surface area contributed by atoms with E-state index in [0.717, 1.165) is 12.2 Å². The molecule has 0 aromatic heterocycles. The van der Waals surface area contributed by atoms with Crippen molar-refractivity contribution in [3.8, 4) is 0 Å². The SMILES string of the molecule is Cc1cccc(CNc2ccc(NC(=O)c3ccc(F)cc3)cc2)c1. The van der Waals surface area contributed by atoms with Crippen LogP contribution in [0.25, 0.3) is 0 Å². The van der Waals surface area contributed by atoms with E-state index in [1.54, 1.807) is 0 Å². The van der Waals surface area contributed by atoms with Crippen molar-refractivity contribution in [3.63, 3.8) is 0 Å². The number of benzene rings is 3. The highest BCUT2D eigenvalue weighted by Crippen LogP contribution is 2.16. The third-order valence-corrected chi connectivity index (χ3v) is 3.83. The van der Waals surface area contributed by atoms with Crippen molar-refractivity contribution in [3.05, 3.63) is 95.3 Å². The van der Waals surface area contributed by atoms with E-state index in [4.69, 9.17) is 0 Å². The number of anilines is 2. The van der Waals surface area contributed by atoms with Gasteiger partial charge in [-0.2, -0.15) is 0 Å². The first kappa shape index (κ1) is 16.7. The predicted octanol–water partition coefficient (Wildman–Crippen LogP) is 5.00. The van der Waals surface area contributed by atoms with Crippen molar-refractivity contribution in [2.75, 3.05) is 10.6 Å². The van der Waals surface area contributed by atoms with Crippen molar-refractivity contribution in [1.82, 2.24) is 0 Å². The molecule has 0 atom stereocenters. The van der Waals surface area contributed by atoms with Gasteiger partial charge in [0, 0.05) is 23.5 Å². The first-order chi connectivity index (χ1) is 12.1. The summed E-state index contributed by atoms with van der Waals surface area (Å²) in [5, 5.41) is 6.15. The minimum Gasteiger partial charge on any atom is -0.381 e. The molecule has 0 saturated heterocycles. The van der Waals surface area contributed by atoms with Gasteiger partial charge < -0.3 is 10.6 Å². The van der Waals surface area contributed by atoms with Crippen molar-refractivity contribution in [1.29, 1.82) is 0 Å². The topological polar surface area (TPSA) is 41.1 Å². The van der Waals surface area contributed by atoms with Crippen LogP contribution < -0.4 is 10.6 Å². The van der Waals surface area contributed by atoms with Crippen LogP contribution in [-0.4, -0.2) is 5.91 Å². The summed E-state index contributed by atoms with van der Waals surface area (Å²) in [4.78, 5) is 12.1. The van der Waals surface area contributed by atoms with Gasteiger partial charge in [0.15, 0.2) is 0 Å². The van der Waals surface area contributed by atoms with E-state index in [9.17, 15) is 9.18 Å². The lowest BCUT2D eigenvalue weighted by Crippen LogP contribution is -2.11. The molecule has 3 aromatic carbocycles. The molecule has 0 aliphatic rings. The molecule has 0 aliphatic heterocycles. The first-order valence-corrected chi connectivity index (χ1v) is 8.06. The van der Waals surface area contributed by atoms with Crippen LogP contribution in [0.15, 0.2) is 72.8 Å². The highest BCUT2D eigenvalue weighted by Gasteiger charge is 2.06. The zero-order valence-corrected chi connectivity index (χ0v) is 13.9. The Labute approximate surface area is 146 Å². The van der Waals surface area contributed by atoms with Gasteiger partial charge >= 0.3 is 0 Å². The highest BCUT2D eigenvalue weighted by atomic mass is 19.1. The zero-order valence-electron chi connectivity index (χ0n) is 13.9. The first-order valence-electron chi connectivity index (χ1n) is 8.06. The largest absolute Gasteiger partial charge is 0.381 e. The van der Waals surface area contributed by atoms with Crippen LogP contribution in [0.5, 0.6) is 0 Å². The minimum absolute atomic E-state index is 0.263. The van der Waals surface area contributed by atoms with E-state index in [1.807, 2.05) is 30.3 Å². The second-order valence-corrected chi connectivity index (χ2v) is 5.88. The number of carbonyl (C=O) groups is 1. The smallest absolute Gasteiger partial charge is 0.255 e. The Morgan fingerprint density at radius 2 is 1.60 bits per heavy atom. The second-order valence-electron chi connectivity index (χ2n) is 5.88. The molecule has 3 rings (SSSR count). The third kappa shape index (κ3) is 4.67. The summed E-state index contributed by atoms with van der Waals surface area (Å²) < 4.78 is 12.9. The van der Waals surface area contributed by atoms with E-state index in [0.29, 0.717) is 11.3 Å². The Kier molecular flexibility index (Phi) is 5.09. The van der Waals surface area contributed by atoms with Crippen LogP contribution in [0, 0.1) is 12.7 Å². The van der Waals surface area contributed by atoms with E-state index < -0.39 is 0 Å². The molecule has 1 amide bonds. The molecule has 4 heteroatoms. The average molecular weight is 334 g/mol. The lowest BCUT2D eigenvalue weighted by Gasteiger charge is -2.09. The molecule has 0 aliphatic carbocycles. The molecule has 126 valence electrons. The van der Waals surface area contributed by atoms with Crippen molar-refractivity contribution >= 4 is 17.3 Å². The highest BCUT2D eigenvalue weighted by molar-refractivity contribution is 6.04. The van der Waals surface area contributed by atoms with Gasteiger partial charge in [-0.1, -0.05) is 29.8 Å². The number of halogens is 1. The number of aryl methyl sites for hydroxylation is 1. The Balaban J connectivity index is 1.58. The molecule has 0 spiro atoms. The van der Waals surface area contributed by atoms with Gasteiger partial charge in [0.05, 0.1) is 0 Å². The van der Waals surface area contributed by atoms with Gasteiger partial charge in [-0.05, 0) is 61.0 Å². The Morgan fingerprint density at radius 3 is 2.28 bits per heavy atom. The number of amides is 1. The Bertz CT molecular complexity index is 858. The van der Waals surface area contributed by atoms with Crippen LogP contribution in [-0.2, 0) is 6.54 Å². The molecule has 3 nitrogen and oxygen atoms in total. The Morgan fingerprint density at radius 1 is 0.920 bits per heavy atom. The van der Waals surface area contributed by atoms with Crippen LogP contribution in [0.4, 0.5) is 15.8 Å². The van der Waals surface area contributed by atoms with E-state index in [2.05, 4.69) is 35.8 Å². The number of hydrogen-bond donors (Lipinski definition) is 2. The Hall–Kier alpha value is -3.14. The lowest BCUT2D eigenvalue weighted by atomic mass is 10.1. The summed E-state index contributed by atoms with van der Waals surface area (Å²) in [6.45, 7) is 2.81. The number of nitrogens with one attached hydrogen (secondary N) is 2. The molecule has 3 aromatic rings. The quantitative estimate of drug-likeness (QED) is 0.689. The molecular weight excluding hydrogens is 315 g/mol. The fourth-order valence-electron chi connectivity index (χ4n) is 2.50. The summed E-state index contributed by atoms with van der Waals surface area (Å²) in [6, 6.07) is 21.3. The maximum atomic E-state index is 12.9. The fourth-order valence-corrected chi connectivity index (χ4v) is 2.50.